The molecule has 1 unspecified atom stereocenters. The van der Waals surface area contributed by atoms with Crippen LogP contribution in [0.5, 0.6) is 0 Å². The van der Waals surface area contributed by atoms with E-state index in [2.05, 4.69) is 33.5 Å². The van der Waals surface area contributed by atoms with Crippen molar-refractivity contribution in [1.82, 2.24) is 24.2 Å². The van der Waals surface area contributed by atoms with Crippen molar-refractivity contribution in [2.75, 3.05) is 13.6 Å². The van der Waals surface area contributed by atoms with Gasteiger partial charge in [-0.25, -0.2) is 0 Å². The van der Waals surface area contributed by atoms with Gasteiger partial charge in [-0.05, 0) is 45.1 Å². The zero-order valence-corrected chi connectivity index (χ0v) is 13.3. The molecule has 1 fully saturated rings. The molecule has 0 bridgehead atoms. The third kappa shape index (κ3) is 2.20. The molecule has 2 aromatic rings. The van der Waals surface area contributed by atoms with Crippen molar-refractivity contribution in [1.29, 1.82) is 0 Å². The second-order valence-electron chi connectivity index (χ2n) is 5.79. The molecule has 1 N–H and O–H groups in total. The molecule has 0 amide bonds. The Morgan fingerprint density at radius 1 is 1.35 bits per heavy atom. The van der Waals surface area contributed by atoms with Crippen LogP contribution in [0.15, 0.2) is 0 Å². The van der Waals surface area contributed by atoms with E-state index in [-0.39, 0.29) is 0 Å². The van der Waals surface area contributed by atoms with Gasteiger partial charge >= 0.3 is 0 Å². The highest BCUT2D eigenvalue weighted by molar-refractivity contribution is 7.71. The largest absolute Gasteiger partial charge is 0.328 e. The van der Waals surface area contributed by atoms with E-state index in [4.69, 9.17) is 12.2 Å². The van der Waals surface area contributed by atoms with Gasteiger partial charge in [0.05, 0.1) is 5.69 Å². The first-order valence-corrected chi connectivity index (χ1v) is 7.87. The Labute approximate surface area is 124 Å². The highest BCUT2D eigenvalue weighted by Crippen LogP contribution is 2.22. The standard InChI is InChI=1S/C14H23N5S/c1-4-11-12-13(18(3)16-11)19(14(20)15-12)9-10-7-5-6-8-17(10)2/h10H,4-9H2,1-3H3,(H,15,20). The van der Waals surface area contributed by atoms with Gasteiger partial charge in [-0.1, -0.05) is 13.3 Å². The van der Waals surface area contributed by atoms with Crippen LogP contribution in [0.25, 0.3) is 11.2 Å². The maximum absolute atomic E-state index is 5.53. The quantitative estimate of drug-likeness (QED) is 0.884. The van der Waals surface area contributed by atoms with Crippen molar-refractivity contribution in [2.24, 2.45) is 7.05 Å². The summed E-state index contributed by atoms with van der Waals surface area (Å²) in [6, 6.07) is 0.578. The van der Waals surface area contributed by atoms with Crippen LogP contribution < -0.4 is 0 Å². The van der Waals surface area contributed by atoms with E-state index in [1.807, 2.05) is 11.7 Å². The summed E-state index contributed by atoms with van der Waals surface area (Å²) in [5.41, 5.74) is 3.34. The van der Waals surface area contributed by atoms with Crippen LogP contribution in [0, 0.1) is 4.77 Å². The van der Waals surface area contributed by atoms with E-state index in [0.29, 0.717) is 6.04 Å². The van der Waals surface area contributed by atoms with E-state index in [1.165, 1.54) is 25.8 Å². The predicted octanol–water partition coefficient (Wildman–Crippen LogP) is 2.48. The fourth-order valence-corrected chi connectivity index (χ4v) is 3.54. The predicted molar refractivity (Wildman–Crippen MR) is 83.5 cm³/mol. The van der Waals surface area contributed by atoms with Crippen molar-refractivity contribution in [2.45, 2.75) is 45.2 Å². The summed E-state index contributed by atoms with van der Waals surface area (Å²) in [5.74, 6) is 0. The molecule has 0 aliphatic carbocycles. The van der Waals surface area contributed by atoms with Crippen LogP contribution in [0.3, 0.4) is 0 Å². The van der Waals surface area contributed by atoms with Gasteiger partial charge in [0, 0.05) is 19.6 Å². The zero-order valence-electron chi connectivity index (χ0n) is 12.5. The molecule has 0 aromatic carbocycles. The molecular formula is C14H23N5S. The number of aryl methyl sites for hydroxylation is 2. The molecule has 3 rings (SSSR count). The van der Waals surface area contributed by atoms with Gasteiger partial charge in [-0.2, -0.15) is 5.10 Å². The van der Waals surface area contributed by atoms with E-state index >= 15 is 0 Å². The number of hydrogen-bond donors (Lipinski definition) is 1. The number of H-pyrrole nitrogens is 1. The maximum Gasteiger partial charge on any atom is 0.179 e. The minimum absolute atomic E-state index is 0.578. The summed E-state index contributed by atoms with van der Waals surface area (Å²) in [6.07, 6.45) is 4.81. The van der Waals surface area contributed by atoms with Crippen LogP contribution in [0.2, 0.25) is 0 Å². The van der Waals surface area contributed by atoms with Gasteiger partial charge in [0.25, 0.3) is 0 Å². The summed E-state index contributed by atoms with van der Waals surface area (Å²) in [4.78, 5) is 5.81. The Morgan fingerprint density at radius 2 is 2.15 bits per heavy atom. The first-order valence-electron chi connectivity index (χ1n) is 7.46. The number of nitrogens with zero attached hydrogens (tertiary/aromatic N) is 4. The molecule has 2 aromatic heterocycles. The maximum atomic E-state index is 5.53. The number of nitrogens with one attached hydrogen (secondary N) is 1. The molecule has 1 atom stereocenters. The Morgan fingerprint density at radius 3 is 2.85 bits per heavy atom. The summed E-state index contributed by atoms with van der Waals surface area (Å²) in [6.45, 7) is 4.28. The minimum atomic E-state index is 0.578. The van der Waals surface area contributed by atoms with Crippen molar-refractivity contribution in [3.63, 3.8) is 0 Å². The summed E-state index contributed by atoms with van der Waals surface area (Å²) in [7, 11) is 4.23. The highest BCUT2D eigenvalue weighted by atomic mass is 32.1. The summed E-state index contributed by atoms with van der Waals surface area (Å²) >= 11 is 5.53. The van der Waals surface area contributed by atoms with Crippen LogP contribution >= 0.6 is 12.2 Å². The van der Waals surface area contributed by atoms with Crippen molar-refractivity contribution >= 4 is 23.4 Å². The number of piperidine rings is 1. The summed E-state index contributed by atoms with van der Waals surface area (Å²) in [5, 5.41) is 4.59. The summed E-state index contributed by atoms with van der Waals surface area (Å²) < 4.78 is 5.01. The van der Waals surface area contributed by atoms with Gasteiger partial charge in [0.1, 0.15) is 5.52 Å². The number of rotatable bonds is 3. The van der Waals surface area contributed by atoms with Crippen LogP contribution in [-0.4, -0.2) is 43.9 Å². The molecule has 1 aliphatic heterocycles. The van der Waals surface area contributed by atoms with Gasteiger partial charge < -0.3 is 14.5 Å². The topological polar surface area (TPSA) is 41.8 Å². The smallest absolute Gasteiger partial charge is 0.179 e. The molecule has 0 spiro atoms. The second kappa shape index (κ2) is 5.33. The first-order chi connectivity index (χ1) is 9.61. The lowest BCUT2D eigenvalue weighted by Crippen LogP contribution is -2.39. The average molecular weight is 293 g/mol. The van der Waals surface area contributed by atoms with Crippen molar-refractivity contribution < 1.29 is 0 Å². The number of aromatic amines is 1. The van der Waals surface area contributed by atoms with Gasteiger partial charge in [0.15, 0.2) is 10.4 Å². The van der Waals surface area contributed by atoms with Crippen LogP contribution in [0.1, 0.15) is 31.9 Å². The zero-order chi connectivity index (χ0) is 14.3. The lowest BCUT2D eigenvalue weighted by Gasteiger charge is -2.32. The number of likely N-dealkylation sites (tertiary alicyclic amines) is 1. The normalized spacial score (nSPS) is 20.9. The van der Waals surface area contributed by atoms with E-state index in [9.17, 15) is 0 Å². The van der Waals surface area contributed by atoms with Crippen LogP contribution in [-0.2, 0) is 20.0 Å². The molecule has 3 heterocycles. The monoisotopic (exact) mass is 293 g/mol. The second-order valence-corrected chi connectivity index (χ2v) is 6.18. The molecule has 0 radical (unpaired) electrons. The third-order valence-electron chi connectivity index (χ3n) is 4.47. The van der Waals surface area contributed by atoms with E-state index in [0.717, 1.165) is 34.6 Å². The SMILES string of the molecule is CCc1nn(C)c2c1[nH]c(=S)n2CC1CCCCN1C. The van der Waals surface area contributed by atoms with Crippen molar-refractivity contribution in [3.8, 4) is 0 Å². The van der Waals surface area contributed by atoms with E-state index < -0.39 is 0 Å². The Balaban J connectivity index is 2.00. The number of aromatic nitrogens is 4. The van der Waals surface area contributed by atoms with Gasteiger partial charge in [-0.15, -0.1) is 0 Å². The third-order valence-corrected chi connectivity index (χ3v) is 4.79. The number of likely N-dealkylation sites (N-methyl/N-ethyl adjacent to an activating group) is 1. The molecule has 5 nitrogen and oxygen atoms in total. The Kier molecular flexibility index (Phi) is 3.69. The number of fused-ring (bicyclic) bond motifs is 1. The molecule has 0 saturated carbocycles. The molecule has 1 saturated heterocycles. The molecular weight excluding hydrogens is 270 g/mol. The number of hydrogen-bond acceptors (Lipinski definition) is 3. The lowest BCUT2D eigenvalue weighted by atomic mass is 10.0. The lowest BCUT2D eigenvalue weighted by molar-refractivity contribution is 0.168. The molecule has 110 valence electrons. The minimum Gasteiger partial charge on any atom is -0.328 e. The molecule has 1 aliphatic rings. The fourth-order valence-electron chi connectivity index (χ4n) is 3.28. The van der Waals surface area contributed by atoms with E-state index in [1.54, 1.807) is 0 Å². The Bertz CT molecular complexity index is 665. The molecule has 20 heavy (non-hydrogen) atoms. The Hall–Kier alpha value is -1.14. The number of imidazole rings is 1. The molecule has 6 heteroatoms. The van der Waals surface area contributed by atoms with Gasteiger partial charge in [0.2, 0.25) is 0 Å². The highest BCUT2D eigenvalue weighted by Gasteiger charge is 2.22. The average Bonchev–Trinajstić information content (AvgIpc) is 2.91. The van der Waals surface area contributed by atoms with Crippen molar-refractivity contribution in [3.05, 3.63) is 10.5 Å². The first kappa shape index (κ1) is 13.8. The van der Waals surface area contributed by atoms with Gasteiger partial charge in [-0.3, -0.25) is 4.68 Å². The fraction of sp³-hybridized carbons (Fsp3) is 0.714. The van der Waals surface area contributed by atoms with Crippen LogP contribution in [0.4, 0.5) is 0 Å².